The molecule has 1 atom stereocenters. The van der Waals surface area contributed by atoms with Crippen LogP contribution in [0.15, 0.2) is 12.1 Å². The van der Waals surface area contributed by atoms with E-state index >= 15 is 0 Å². The monoisotopic (exact) mass is 251 g/mol. The van der Waals surface area contributed by atoms with Gasteiger partial charge in [0.1, 0.15) is 11.9 Å². The third kappa shape index (κ3) is 2.88. The summed E-state index contributed by atoms with van der Waals surface area (Å²) in [5, 5.41) is 12.1. The number of carboxylic acids is 1. The average Bonchev–Trinajstić information content (AvgIpc) is 3.10. The lowest BCUT2D eigenvalue weighted by molar-refractivity contribution is -0.140. The predicted octanol–water partition coefficient (Wildman–Crippen LogP) is 2.40. The molecule has 1 aliphatic carbocycles. The summed E-state index contributed by atoms with van der Waals surface area (Å²) in [5.74, 6) is -0.728. The molecule has 0 amide bonds. The summed E-state index contributed by atoms with van der Waals surface area (Å²) in [6.07, 6.45) is 1.96. The summed E-state index contributed by atoms with van der Waals surface area (Å²) in [4.78, 5) is 11.1. The second-order valence-electron chi connectivity index (χ2n) is 5.08. The number of carbonyl (C=O) groups is 1. The highest BCUT2D eigenvalue weighted by molar-refractivity contribution is 5.74. The molecule has 2 rings (SSSR count). The first-order chi connectivity index (χ1) is 8.49. The van der Waals surface area contributed by atoms with Gasteiger partial charge in [0.05, 0.1) is 0 Å². The molecule has 1 fully saturated rings. The Morgan fingerprint density at radius 1 is 1.44 bits per heavy atom. The van der Waals surface area contributed by atoms with Crippen LogP contribution in [0.2, 0.25) is 0 Å². The zero-order chi connectivity index (χ0) is 13.3. The number of nitrogens with one attached hydrogen (secondary N) is 1. The fourth-order valence-corrected chi connectivity index (χ4v) is 2.25. The van der Waals surface area contributed by atoms with Crippen molar-refractivity contribution in [3.63, 3.8) is 0 Å². The largest absolute Gasteiger partial charge is 0.480 e. The maximum atomic E-state index is 13.5. The Morgan fingerprint density at radius 2 is 2.00 bits per heavy atom. The third-order valence-corrected chi connectivity index (χ3v) is 3.38. The Bertz CT molecular complexity index is 446. The number of aryl methyl sites for hydroxylation is 2. The first-order valence-electron chi connectivity index (χ1n) is 6.21. The van der Waals surface area contributed by atoms with E-state index in [-0.39, 0.29) is 11.7 Å². The molecule has 0 heterocycles. The minimum atomic E-state index is -0.798. The van der Waals surface area contributed by atoms with Gasteiger partial charge in [-0.2, -0.15) is 0 Å². The van der Waals surface area contributed by atoms with Crippen molar-refractivity contribution in [2.45, 2.75) is 39.3 Å². The summed E-state index contributed by atoms with van der Waals surface area (Å²) in [7, 11) is 0. The number of hydrogen-bond donors (Lipinski definition) is 2. The van der Waals surface area contributed by atoms with Gasteiger partial charge in [-0.3, -0.25) is 4.79 Å². The SMILES string of the molecule is Cc1cc(CNC(C(=O)O)C2CC2)cc(C)c1F. The van der Waals surface area contributed by atoms with Crippen LogP contribution in [0.25, 0.3) is 0 Å². The van der Waals surface area contributed by atoms with Crippen LogP contribution in [0.5, 0.6) is 0 Å². The van der Waals surface area contributed by atoms with E-state index in [1.165, 1.54) is 0 Å². The molecule has 18 heavy (non-hydrogen) atoms. The predicted molar refractivity (Wildman–Crippen MR) is 66.9 cm³/mol. The second-order valence-corrected chi connectivity index (χ2v) is 5.08. The van der Waals surface area contributed by atoms with E-state index in [0.717, 1.165) is 18.4 Å². The second kappa shape index (κ2) is 5.06. The van der Waals surface area contributed by atoms with Gasteiger partial charge in [-0.1, -0.05) is 12.1 Å². The summed E-state index contributed by atoms with van der Waals surface area (Å²) in [6, 6.07) is 3.05. The molecule has 0 bridgehead atoms. The first-order valence-corrected chi connectivity index (χ1v) is 6.21. The van der Waals surface area contributed by atoms with Gasteiger partial charge >= 0.3 is 5.97 Å². The van der Waals surface area contributed by atoms with Crippen LogP contribution in [-0.4, -0.2) is 17.1 Å². The molecule has 3 nitrogen and oxygen atoms in total. The smallest absolute Gasteiger partial charge is 0.320 e. The molecule has 98 valence electrons. The number of hydrogen-bond acceptors (Lipinski definition) is 2. The van der Waals surface area contributed by atoms with Crippen LogP contribution >= 0.6 is 0 Å². The Hall–Kier alpha value is -1.42. The Morgan fingerprint density at radius 3 is 2.44 bits per heavy atom. The van der Waals surface area contributed by atoms with E-state index < -0.39 is 12.0 Å². The van der Waals surface area contributed by atoms with Crippen molar-refractivity contribution in [3.8, 4) is 0 Å². The Labute approximate surface area is 106 Å². The van der Waals surface area contributed by atoms with Crippen LogP contribution < -0.4 is 5.32 Å². The highest BCUT2D eigenvalue weighted by Gasteiger charge is 2.35. The molecular formula is C14H18FNO2. The molecule has 0 saturated heterocycles. The quantitative estimate of drug-likeness (QED) is 0.844. The van der Waals surface area contributed by atoms with Crippen LogP contribution in [0.1, 0.15) is 29.5 Å². The third-order valence-electron chi connectivity index (χ3n) is 3.38. The lowest BCUT2D eigenvalue weighted by Gasteiger charge is -2.14. The van der Waals surface area contributed by atoms with Gasteiger partial charge in [0.25, 0.3) is 0 Å². The minimum absolute atomic E-state index is 0.185. The number of carboxylic acid groups (broad SMARTS) is 1. The number of halogens is 1. The molecule has 4 heteroatoms. The van der Waals surface area contributed by atoms with Gasteiger partial charge in [0, 0.05) is 6.54 Å². The fraction of sp³-hybridized carbons (Fsp3) is 0.500. The van der Waals surface area contributed by atoms with Gasteiger partial charge in [-0.05, 0) is 49.3 Å². The van der Waals surface area contributed by atoms with Crippen LogP contribution in [0.4, 0.5) is 4.39 Å². The summed E-state index contributed by atoms with van der Waals surface area (Å²) >= 11 is 0. The van der Waals surface area contributed by atoms with E-state index in [4.69, 9.17) is 5.11 Å². The molecule has 2 N–H and O–H groups in total. The van der Waals surface area contributed by atoms with E-state index in [1.807, 2.05) is 0 Å². The van der Waals surface area contributed by atoms with Crippen LogP contribution in [0.3, 0.4) is 0 Å². The number of benzene rings is 1. The molecule has 1 aliphatic rings. The van der Waals surface area contributed by atoms with Crippen molar-refractivity contribution in [2.75, 3.05) is 0 Å². The topological polar surface area (TPSA) is 49.3 Å². The van der Waals surface area contributed by atoms with Crippen molar-refractivity contribution in [2.24, 2.45) is 5.92 Å². The number of aliphatic carboxylic acids is 1. The Kier molecular flexibility index (Phi) is 3.66. The average molecular weight is 251 g/mol. The zero-order valence-electron chi connectivity index (χ0n) is 10.7. The highest BCUT2D eigenvalue weighted by atomic mass is 19.1. The molecule has 0 spiro atoms. The van der Waals surface area contributed by atoms with Gasteiger partial charge in [-0.25, -0.2) is 4.39 Å². The molecular weight excluding hydrogens is 233 g/mol. The highest BCUT2D eigenvalue weighted by Crippen LogP contribution is 2.32. The lowest BCUT2D eigenvalue weighted by Crippen LogP contribution is -2.38. The molecule has 0 aliphatic heterocycles. The lowest BCUT2D eigenvalue weighted by atomic mass is 10.1. The van der Waals surface area contributed by atoms with Crippen molar-refractivity contribution in [1.82, 2.24) is 5.32 Å². The van der Waals surface area contributed by atoms with E-state index in [0.29, 0.717) is 17.7 Å². The Balaban J connectivity index is 2.03. The van der Waals surface area contributed by atoms with Crippen molar-refractivity contribution in [3.05, 3.63) is 34.6 Å². The summed E-state index contributed by atoms with van der Waals surface area (Å²) < 4.78 is 13.5. The van der Waals surface area contributed by atoms with Crippen molar-refractivity contribution in [1.29, 1.82) is 0 Å². The molecule has 0 radical (unpaired) electrons. The van der Waals surface area contributed by atoms with Crippen LogP contribution in [0, 0.1) is 25.6 Å². The minimum Gasteiger partial charge on any atom is -0.480 e. The number of rotatable bonds is 5. The molecule has 0 aromatic heterocycles. The zero-order valence-corrected chi connectivity index (χ0v) is 10.7. The van der Waals surface area contributed by atoms with Crippen molar-refractivity contribution >= 4 is 5.97 Å². The standard InChI is InChI=1S/C14H18FNO2/c1-8-5-10(6-9(2)12(8)15)7-16-13(14(17)18)11-3-4-11/h5-6,11,13,16H,3-4,7H2,1-2H3,(H,17,18). The molecule has 1 unspecified atom stereocenters. The maximum Gasteiger partial charge on any atom is 0.320 e. The van der Waals surface area contributed by atoms with Crippen molar-refractivity contribution < 1.29 is 14.3 Å². The molecule has 1 aromatic carbocycles. The van der Waals surface area contributed by atoms with Crippen LogP contribution in [-0.2, 0) is 11.3 Å². The van der Waals surface area contributed by atoms with Gasteiger partial charge in [-0.15, -0.1) is 0 Å². The van der Waals surface area contributed by atoms with Gasteiger partial charge < -0.3 is 10.4 Å². The molecule has 1 saturated carbocycles. The van der Waals surface area contributed by atoms with E-state index in [9.17, 15) is 9.18 Å². The van der Waals surface area contributed by atoms with E-state index in [2.05, 4.69) is 5.32 Å². The maximum absolute atomic E-state index is 13.5. The fourth-order valence-electron chi connectivity index (χ4n) is 2.25. The normalized spacial score (nSPS) is 16.6. The first kappa shape index (κ1) is 13.0. The van der Waals surface area contributed by atoms with Gasteiger partial charge in [0.15, 0.2) is 0 Å². The summed E-state index contributed by atoms with van der Waals surface area (Å²) in [6.45, 7) is 3.91. The van der Waals surface area contributed by atoms with E-state index in [1.54, 1.807) is 26.0 Å². The molecule has 1 aromatic rings. The van der Waals surface area contributed by atoms with Gasteiger partial charge in [0.2, 0.25) is 0 Å². The summed E-state index contributed by atoms with van der Waals surface area (Å²) in [5.41, 5.74) is 2.13.